The average molecular weight is 544 g/mol. The summed E-state index contributed by atoms with van der Waals surface area (Å²) in [6, 6.07) is 2.84. The number of nitrogens with one attached hydrogen (secondary N) is 3. The molecule has 12 heteroatoms. The SMILES string of the molecule is CCNC(=NCc1ccn[nH]1)NC1CCN(c2ncc(C(F)(F)F)cc2Cl)C1.I. The average Bonchev–Trinajstić information content (AvgIpc) is 3.31. The molecule has 2 aromatic heterocycles. The maximum atomic E-state index is 12.8. The van der Waals surface area contributed by atoms with Crippen LogP contribution in [0.15, 0.2) is 29.5 Å². The molecule has 0 aliphatic carbocycles. The molecule has 1 aliphatic rings. The van der Waals surface area contributed by atoms with Gasteiger partial charge >= 0.3 is 6.18 Å². The van der Waals surface area contributed by atoms with Gasteiger partial charge in [0.05, 0.1) is 22.8 Å². The molecule has 0 saturated carbocycles. The summed E-state index contributed by atoms with van der Waals surface area (Å²) < 4.78 is 38.3. The molecule has 3 heterocycles. The largest absolute Gasteiger partial charge is 0.417 e. The third kappa shape index (κ3) is 6.36. The van der Waals surface area contributed by atoms with Crippen LogP contribution in [0.1, 0.15) is 24.6 Å². The van der Waals surface area contributed by atoms with E-state index >= 15 is 0 Å². The van der Waals surface area contributed by atoms with E-state index in [0.29, 0.717) is 38.0 Å². The summed E-state index contributed by atoms with van der Waals surface area (Å²) in [4.78, 5) is 10.3. The van der Waals surface area contributed by atoms with Gasteiger partial charge in [0.2, 0.25) is 0 Å². The molecule has 2 aromatic rings. The minimum absolute atomic E-state index is 0. The number of hydrogen-bond donors (Lipinski definition) is 3. The van der Waals surface area contributed by atoms with E-state index in [2.05, 4.69) is 30.8 Å². The van der Waals surface area contributed by atoms with Crippen molar-refractivity contribution in [1.82, 2.24) is 25.8 Å². The van der Waals surface area contributed by atoms with Gasteiger partial charge < -0.3 is 15.5 Å². The second-order valence-electron chi connectivity index (χ2n) is 6.38. The number of guanidine groups is 1. The molecule has 0 aromatic carbocycles. The fourth-order valence-corrected chi connectivity index (χ4v) is 3.23. The summed E-state index contributed by atoms with van der Waals surface area (Å²) in [6.07, 6.45) is -1.19. The fourth-order valence-electron chi connectivity index (χ4n) is 2.94. The van der Waals surface area contributed by atoms with Gasteiger partial charge in [-0.25, -0.2) is 9.98 Å². The quantitative estimate of drug-likeness (QED) is 0.306. The molecule has 160 valence electrons. The van der Waals surface area contributed by atoms with E-state index < -0.39 is 11.7 Å². The van der Waals surface area contributed by atoms with Crippen LogP contribution in [0.5, 0.6) is 0 Å². The highest BCUT2D eigenvalue weighted by Crippen LogP contribution is 2.34. The number of rotatable bonds is 5. The Hall–Kier alpha value is -1.76. The van der Waals surface area contributed by atoms with Crippen LogP contribution in [-0.4, -0.2) is 46.8 Å². The van der Waals surface area contributed by atoms with Gasteiger partial charge in [0, 0.05) is 38.1 Å². The zero-order valence-corrected chi connectivity index (χ0v) is 18.7. The molecule has 1 saturated heterocycles. The number of halogens is 5. The third-order valence-corrected chi connectivity index (χ3v) is 4.57. The Morgan fingerprint density at radius 1 is 1.45 bits per heavy atom. The van der Waals surface area contributed by atoms with Crippen molar-refractivity contribution < 1.29 is 13.2 Å². The predicted molar refractivity (Wildman–Crippen MR) is 117 cm³/mol. The van der Waals surface area contributed by atoms with Crippen molar-refractivity contribution in [3.63, 3.8) is 0 Å². The summed E-state index contributed by atoms with van der Waals surface area (Å²) in [5.41, 5.74) is 0.0430. The maximum absolute atomic E-state index is 12.8. The number of anilines is 1. The minimum atomic E-state index is -4.46. The van der Waals surface area contributed by atoms with Crippen LogP contribution in [0.4, 0.5) is 19.0 Å². The first-order valence-electron chi connectivity index (χ1n) is 8.87. The molecule has 3 N–H and O–H groups in total. The van der Waals surface area contributed by atoms with Gasteiger partial charge in [-0.15, -0.1) is 24.0 Å². The number of aromatic nitrogens is 3. The number of aromatic amines is 1. The van der Waals surface area contributed by atoms with Crippen molar-refractivity contribution >= 4 is 47.4 Å². The number of aliphatic imine (C=N–C) groups is 1. The molecule has 7 nitrogen and oxygen atoms in total. The van der Waals surface area contributed by atoms with Crippen LogP contribution in [0, 0.1) is 0 Å². The first kappa shape index (κ1) is 23.5. The lowest BCUT2D eigenvalue weighted by Gasteiger charge is -2.21. The number of H-pyrrole nitrogens is 1. The van der Waals surface area contributed by atoms with Crippen LogP contribution in [0.2, 0.25) is 5.02 Å². The van der Waals surface area contributed by atoms with E-state index in [-0.39, 0.29) is 35.0 Å². The number of pyridine rings is 1. The van der Waals surface area contributed by atoms with Crippen LogP contribution < -0.4 is 15.5 Å². The fraction of sp³-hybridized carbons (Fsp3) is 0.471. The summed E-state index contributed by atoms with van der Waals surface area (Å²) in [6.45, 7) is 4.33. The topological polar surface area (TPSA) is 81.2 Å². The first-order chi connectivity index (χ1) is 13.4. The van der Waals surface area contributed by atoms with Gasteiger partial charge in [-0.2, -0.15) is 18.3 Å². The second-order valence-corrected chi connectivity index (χ2v) is 6.79. The molecule has 0 radical (unpaired) electrons. The lowest BCUT2D eigenvalue weighted by molar-refractivity contribution is -0.137. The van der Waals surface area contributed by atoms with Gasteiger partial charge in [-0.05, 0) is 25.5 Å². The van der Waals surface area contributed by atoms with Crippen LogP contribution >= 0.6 is 35.6 Å². The smallest absolute Gasteiger partial charge is 0.357 e. The molecular weight excluding hydrogens is 522 g/mol. The van der Waals surface area contributed by atoms with E-state index in [1.165, 1.54) is 0 Å². The normalized spacial score (nSPS) is 17.2. The lowest BCUT2D eigenvalue weighted by atomic mass is 10.2. The molecule has 3 rings (SSSR count). The third-order valence-electron chi connectivity index (χ3n) is 4.29. The van der Waals surface area contributed by atoms with Gasteiger partial charge in [0.1, 0.15) is 5.82 Å². The van der Waals surface area contributed by atoms with E-state index in [1.807, 2.05) is 17.9 Å². The van der Waals surface area contributed by atoms with Crippen molar-refractivity contribution in [3.05, 3.63) is 40.8 Å². The minimum Gasteiger partial charge on any atom is -0.357 e. The molecule has 1 unspecified atom stereocenters. The van der Waals surface area contributed by atoms with E-state index in [9.17, 15) is 13.2 Å². The molecule has 1 aliphatic heterocycles. The monoisotopic (exact) mass is 543 g/mol. The molecular formula is C17H22ClF3IN7. The van der Waals surface area contributed by atoms with Gasteiger partial charge in [-0.3, -0.25) is 5.10 Å². The Morgan fingerprint density at radius 2 is 2.24 bits per heavy atom. The lowest BCUT2D eigenvalue weighted by Crippen LogP contribution is -2.44. The Balaban J connectivity index is 0.00000300. The highest BCUT2D eigenvalue weighted by atomic mass is 127. The second kappa shape index (κ2) is 10.3. The summed E-state index contributed by atoms with van der Waals surface area (Å²) >= 11 is 6.06. The molecule has 0 spiro atoms. The Labute approximate surface area is 188 Å². The predicted octanol–water partition coefficient (Wildman–Crippen LogP) is 3.43. The van der Waals surface area contributed by atoms with Crippen molar-refractivity contribution in [2.45, 2.75) is 32.1 Å². The van der Waals surface area contributed by atoms with Crippen molar-refractivity contribution in [1.29, 1.82) is 0 Å². The van der Waals surface area contributed by atoms with Crippen LogP contribution in [0.25, 0.3) is 0 Å². The van der Waals surface area contributed by atoms with E-state index in [4.69, 9.17) is 11.6 Å². The van der Waals surface area contributed by atoms with Gasteiger partial charge in [-0.1, -0.05) is 11.6 Å². The van der Waals surface area contributed by atoms with Gasteiger partial charge in [0.25, 0.3) is 0 Å². The molecule has 29 heavy (non-hydrogen) atoms. The Kier molecular flexibility index (Phi) is 8.37. The maximum Gasteiger partial charge on any atom is 0.417 e. The van der Waals surface area contributed by atoms with E-state index in [0.717, 1.165) is 24.4 Å². The zero-order chi connectivity index (χ0) is 20.1. The zero-order valence-electron chi connectivity index (χ0n) is 15.6. The summed E-state index contributed by atoms with van der Waals surface area (Å²) in [5, 5.41) is 13.3. The number of nitrogens with zero attached hydrogens (tertiary/aromatic N) is 4. The van der Waals surface area contributed by atoms with Crippen LogP contribution in [-0.2, 0) is 12.7 Å². The Morgan fingerprint density at radius 3 is 2.86 bits per heavy atom. The molecule has 1 atom stereocenters. The van der Waals surface area contributed by atoms with Crippen molar-refractivity contribution in [2.75, 3.05) is 24.5 Å². The standard InChI is InChI=1S/C17H21ClF3N7.HI/c1-2-22-16(24-9-12-3-5-25-27-12)26-13-4-6-28(10-13)15-14(18)7-11(8-23-15)17(19,20)21;/h3,5,7-8,13H,2,4,6,9-10H2,1H3,(H,25,27)(H2,22,24,26);1H. The Bertz CT molecular complexity index is 814. The van der Waals surface area contributed by atoms with Crippen molar-refractivity contribution in [3.8, 4) is 0 Å². The van der Waals surface area contributed by atoms with Crippen LogP contribution in [0.3, 0.4) is 0 Å². The van der Waals surface area contributed by atoms with Gasteiger partial charge in [0.15, 0.2) is 5.96 Å². The number of alkyl halides is 3. The highest BCUT2D eigenvalue weighted by molar-refractivity contribution is 14.0. The highest BCUT2D eigenvalue weighted by Gasteiger charge is 2.33. The summed E-state index contributed by atoms with van der Waals surface area (Å²) in [5.74, 6) is 1.02. The molecule has 1 fully saturated rings. The molecule has 0 amide bonds. The molecule has 0 bridgehead atoms. The van der Waals surface area contributed by atoms with Crippen molar-refractivity contribution in [2.24, 2.45) is 4.99 Å². The first-order valence-corrected chi connectivity index (χ1v) is 9.25. The number of hydrogen-bond acceptors (Lipinski definition) is 4. The van der Waals surface area contributed by atoms with E-state index in [1.54, 1.807) is 6.20 Å². The summed E-state index contributed by atoms with van der Waals surface area (Å²) in [7, 11) is 0.